The zero-order valence-corrected chi connectivity index (χ0v) is 26.6. The van der Waals surface area contributed by atoms with E-state index in [9.17, 15) is 23.1 Å². The number of sulfonamides is 1. The van der Waals surface area contributed by atoms with Crippen LogP contribution in [0.1, 0.15) is 82.3 Å². The topological polar surface area (TPSA) is 139 Å². The number of amides is 1. The summed E-state index contributed by atoms with van der Waals surface area (Å²) >= 11 is 1.63. The molecule has 1 unspecified atom stereocenters. The molecule has 3 aromatic heterocycles. The summed E-state index contributed by atoms with van der Waals surface area (Å²) in [5.74, 6) is -1.22. The Morgan fingerprint density at radius 1 is 1.10 bits per heavy atom. The van der Waals surface area contributed by atoms with E-state index in [1.54, 1.807) is 44.2 Å². The molecule has 0 aromatic carbocycles. The van der Waals surface area contributed by atoms with Crippen LogP contribution >= 0.6 is 11.3 Å². The van der Waals surface area contributed by atoms with Crippen molar-refractivity contribution >= 4 is 39.2 Å². The summed E-state index contributed by atoms with van der Waals surface area (Å²) in [6, 6.07) is 11.0. The first kappa shape index (κ1) is 33.2. The van der Waals surface area contributed by atoms with Crippen molar-refractivity contribution in [1.82, 2.24) is 14.7 Å². The molecule has 0 saturated carbocycles. The predicted molar refractivity (Wildman–Crippen MR) is 163 cm³/mol. The highest BCUT2D eigenvalue weighted by Crippen LogP contribution is 2.36. The second kappa shape index (κ2) is 13.7. The molecule has 42 heavy (non-hydrogen) atoms. The predicted octanol–water partition coefficient (Wildman–Crippen LogP) is 6.09. The third kappa shape index (κ3) is 9.33. The van der Waals surface area contributed by atoms with Gasteiger partial charge in [0.25, 0.3) is 0 Å². The van der Waals surface area contributed by atoms with Gasteiger partial charge in [0, 0.05) is 28.6 Å². The molecule has 0 aliphatic rings. The number of carboxylic acids is 1. The maximum atomic E-state index is 13.4. The van der Waals surface area contributed by atoms with Gasteiger partial charge in [0.05, 0.1) is 11.7 Å². The van der Waals surface area contributed by atoms with Crippen molar-refractivity contribution in [3.63, 3.8) is 0 Å². The van der Waals surface area contributed by atoms with E-state index in [1.165, 1.54) is 35.5 Å². The van der Waals surface area contributed by atoms with Crippen LogP contribution < -0.4 is 9.62 Å². The molecule has 3 heterocycles. The molecule has 0 aliphatic carbocycles. The van der Waals surface area contributed by atoms with Crippen molar-refractivity contribution in [2.75, 3.05) is 11.4 Å². The second-order valence-electron chi connectivity index (χ2n) is 11.7. The third-order valence-corrected chi connectivity index (χ3v) is 9.36. The summed E-state index contributed by atoms with van der Waals surface area (Å²) in [4.78, 5) is 36.2. The lowest BCUT2D eigenvalue weighted by atomic mass is 9.86. The lowest BCUT2D eigenvalue weighted by Crippen LogP contribution is -2.40. The van der Waals surface area contributed by atoms with Crippen LogP contribution in [0.5, 0.6) is 0 Å². The SMILES string of the molecule is CCCCC(C)(C)c1ccc(CC(NS(=O)(=O)c2cccnc2)c2cccc(N(CC(=O)O)C(=O)OC(C)(C)C)n2)s1. The van der Waals surface area contributed by atoms with E-state index < -0.39 is 40.3 Å². The van der Waals surface area contributed by atoms with E-state index in [1.807, 2.05) is 6.07 Å². The maximum Gasteiger partial charge on any atom is 0.416 e. The molecule has 0 fully saturated rings. The largest absolute Gasteiger partial charge is 0.480 e. The molecular formula is C30H40N4O6S2. The summed E-state index contributed by atoms with van der Waals surface area (Å²) in [5, 5.41) is 9.49. The highest BCUT2D eigenvalue weighted by molar-refractivity contribution is 7.89. The van der Waals surface area contributed by atoms with Gasteiger partial charge in [-0.3, -0.25) is 14.7 Å². The van der Waals surface area contributed by atoms with Crippen molar-refractivity contribution in [2.45, 2.75) is 89.2 Å². The van der Waals surface area contributed by atoms with Crippen LogP contribution in [0.3, 0.4) is 0 Å². The van der Waals surface area contributed by atoms with Crippen LogP contribution in [-0.2, 0) is 31.4 Å². The van der Waals surface area contributed by atoms with Gasteiger partial charge in [0.2, 0.25) is 10.0 Å². The first-order chi connectivity index (χ1) is 19.6. The molecule has 0 aliphatic heterocycles. The minimum absolute atomic E-state index is 0.0000177. The number of carbonyl (C=O) groups is 2. The zero-order valence-electron chi connectivity index (χ0n) is 25.0. The highest BCUT2D eigenvalue weighted by Gasteiger charge is 2.29. The van der Waals surface area contributed by atoms with E-state index in [2.05, 4.69) is 41.5 Å². The molecule has 3 aromatic rings. The van der Waals surface area contributed by atoms with Crippen LogP contribution in [0.4, 0.5) is 10.6 Å². The van der Waals surface area contributed by atoms with E-state index in [-0.39, 0.29) is 22.5 Å². The average Bonchev–Trinajstić information content (AvgIpc) is 3.39. The highest BCUT2D eigenvalue weighted by atomic mass is 32.2. The molecule has 2 N–H and O–H groups in total. The molecule has 0 spiro atoms. The van der Waals surface area contributed by atoms with Gasteiger partial charge in [-0.25, -0.2) is 22.9 Å². The molecule has 228 valence electrons. The molecule has 1 amide bonds. The van der Waals surface area contributed by atoms with Crippen molar-refractivity contribution in [1.29, 1.82) is 0 Å². The third-order valence-electron chi connectivity index (χ3n) is 6.43. The molecule has 10 nitrogen and oxygen atoms in total. The molecule has 0 radical (unpaired) electrons. The Morgan fingerprint density at radius 3 is 2.45 bits per heavy atom. The molecule has 1 atom stereocenters. The number of anilines is 1. The normalized spacial score (nSPS) is 13.0. The number of hydrogen-bond acceptors (Lipinski definition) is 8. The van der Waals surface area contributed by atoms with Gasteiger partial charge < -0.3 is 9.84 Å². The monoisotopic (exact) mass is 616 g/mol. The number of aliphatic carboxylic acids is 1. The minimum atomic E-state index is -4.00. The Balaban J connectivity index is 2.02. The van der Waals surface area contributed by atoms with Crippen molar-refractivity contribution in [3.8, 4) is 0 Å². The Kier molecular flexibility index (Phi) is 10.9. The standard InChI is InChI=1S/C30H40N4O6S2/c1-7-8-16-30(5,6)25-15-14-21(41-25)18-24(33-42(38,39)22-11-10-17-31-19-22)23-12-9-13-26(32-23)34(20-27(35)36)28(37)40-29(2,3)4/h9-15,17,19,24,33H,7-8,16,18,20H2,1-6H3,(H,35,36). The van der Waals surface area contributed by atoms with Crippen LogP contribution in [-0.4, -0.2) is 47.7 Å². The summed E-state index contributed by atoms with van der Waals surface area (Å²) in [7, 11) is -4.00. The Labute approximate surface area is 252 Å². The fraction of sp³-hybridized carbons (Fsp3) is 0.467. The van der Waals surface area contributed by atoms with Gasteiger partial charge in [-0.15, -0.1) is 11.3 Å². The second-order valence-corrected chi connectivity index (χ2v) is 14.6. The van der Waals surface area contributed by atoms with Crippen LogP contribution in [0.2, 0.25) is 0 Å². The number of nitrogens with one attached hydrogen (secondary N) is 1. The molecular weight excluding hydrogens is 576 g/mol. The molecule has 0 bridgehead atoms. The van der Waals surface area contributed by atoms with Crippen LogP contribution in [0.15, 0.2) is 59.8 Å². The number of nitrogens with zero attached hydrogens (tertiary/aromatic N) is 3. The number of ether oxygens (including phenoxy) is 1. The van der Waals surface area contributed by atoms with Gasteiger partial charge in [0.1, 0.15) is 22.9 Å². The van der Waals surface area contributed by atoms with E-state index >= 15 is 0 Å². The fourth-order valence-electron chi connectivity index (χ4n) is 4.24. The number of carbonyl (C=O) groups excluding carboxylic acids is 1. The van der Waals surface area contributed by atoms with Gasteiger partial charge in [-0.2, -0.15) is 0 Å². The molecule has 0 saturated heterocycles. The molecule has 12 heteroatoms. The first-order valence-corrected chi connectivity index (χ1v) is 16.1. The average molecular weight is 617 g/mol. The summed E-state index contributed by atoms with van der Waals surface area (Å²) in [6.07, 6.45) is 5.41. The van der Waals surface area contributed by atoms with E-state index in [0.717, 1.165) is 29.0 Å². The maximum absolute atomic E-state index is 13.4. The summed E-state index contributed by atoms with van der Waals surface area (Å²) in [6.45, 7) is 10.9. The quantitative estimate of drug-likeness (QED) is 0.235. The minimum Gasteiger partial charge on any atom is -0.480 e. The van der Waals surface area contributed by atoms with Crippen molar-refractivity contribution < 1.29 is 27.9 Å². The Morgan fingerprint density at radius 2 is 1.83 bits per heavy atom. The smallest absolute Gasteiger partial charge is 0.416 e. The lowest BCUT2D eigenvalue weighted by Gasteiger charge is -2.26. The number of hydrogen-bond donors (Lipinski definition) is 2. The number of pyridine rings is 2. The van der Waals surface area contributed by atoms with Crippen LogP contribution in [0.25, 0.3) is 0 Å². The first-order valence-electron chi connectivity index (χ1n) is 13.8. The van der Waals surface area contributed by atoms with E-state index in [0.29, 0.717) is 5.69 Å². The van der Waals surface area contributed by atoms with Crippen molar-refractivity contribution in [3.05, 3.63) is 70.3 Å². The van der Waals surface area contributed by atoms with Gasteiger partial charge in [0.15, 0.2) is 0 Å². The van der Waals surface area contributed by atoms with Gasteiger partial charge in [-0.1, -0.05) is 39.7 Å². The number of unbranched alkanes of at least 4 members (excludes halogenated alkanes) is 1. The number of thiophene rings is 1. The van der Waals surface area contributed by atoms with E-state index in [4.69, 9.17) is 4.74 Å². The number of rotatable bonds is 13. The van der Waals surface area contributed by atoms with Crippen molar-refractivity contribution in [2.24, 2.45) is 0 Å². The Bertz CT molecular complexity index is 1470. The fourth-order valence-corrected chi connectivity index (χ4v) is 6.59. The zero-order chi connectivity index (χ0) is 31.1. The molecule has 3 rings (SSSR count). The summed E-state index contributed by atoms with van der Waals surface area (Å²) in [5.41, 5.74) is -0.569. The number of carboxylic acid groups (broad SMARTS) is 1. The van der Waals surface area contributed by atoms with Crippen LogP contribution in [0, 0.1) is 0 Å². The number of aromatic nitrogens is 2. The lowest BCUT2D eigenvalue weighted by molar-refractivity contribution is -0.135. The van der Waals surface area contributed by atoms with Gasteiger partial charge in [-0.05, 0) is 69.0 Å². The summed E-state index contributed by atoms with van der Waals surface area (Å²) < 4.78 is 34.9. The van der Waals surface area contributed by atoms with Gasteiger partial charge >= 0.3 is 12.1 Å². The Hall–Kier alpha value is -3.35.